The molecule has 120 valence electrons. The van der Waals surface area contributed by atoms with Gasteiger partial charge in [-0.1, -0.05) is 20.8 Å². The van der Waals surface area contributed by atoms with E-state index in [1.165, 1.54) is 0 Å². The van der Waals surface area contributed by atoms with Crippen LogP contribution >= 0.6 is 0 Å². The number of piperidine rings is 1. The van der Waals surface area contributed by atoms with Crippen LogP contribution in [0.5, 0.6) is 0 Å². The Morgan fingerprint density at radius 1 is 1.05 bits per heavy atom. The summed E-state index contributed by atoms with van der Waals surface area (Å²) in [4.78, 5) is 29.3. The molecule has 2 unspecified atom stereocenters. The molecule has 0 aromatic carbocycles. The van der Waals surface area contributed by atoms with Crippen LogP contribution in [0.15, 0.2) is 0 Å². The van der Waals surface area contributed by atoms with Crippen LogP contribution in [0, 0.1) is 5.41 Å². The van der Waals surface area contributed by atoms with E-state index in [0.29, 0.717) is 0 Å². The molecule has 0 aliphatic carbocycles. The average Bonchev–Trinajstić information content (AvgIpc) is 2.33. The van der Waals surface area contributed by atoms with Crippen molar-refractivity contribution >= 4 is 11.8 Å². The molecule has 0 N–H and O–H groups in total. The van der Waals surface area contributed by atoms with Gasteiger partial charge in [-0.15, -0.1) is 0 Å². The van der Waals surface area contributed by atoms with Crippen LogP contribution in [0.1, 0.15) is 67.2 Å². The summed E-state index contributed by atoms with van der Waals surface area (Å²) >= 11 is 0. The summed E-state index contributed by atoms with van der Waals surface area (Å²) in [6.45, 7) is 13.4. The fourth-order valence-electron chi connectivity index (χ4n) is 4.36. The van der Waals surface area contributed by atoms with Crippen LogP contribution in [-0.2, 0) is 9.59 Å². The van der Waals surface area contributed by atoms with E-state index in [1.54, 1.807) is 0 Å². The van der Waals surface area contributed by atoms with Crippen LogP contribution in [0.25, 0.3) is 0 Å². The van der Waals surface area contributed by atoms with E-state index in [9.17, 15) is 9.59 Å². The molecule has 2 atom stereocenters. The Bertz CT molecular complexity index is 437. The summed E-state index contributed by atoms with van der Waals surface area (Å²) in [5.41, 5.74) is -0.176. The van der Waals surface area contributed by atoms with Crippen molar-refractivity contribution in [2.24, 2.45) is 5.41 Å². The Morgan fingerprint density at radius 3 is 2.24 bits per heavy atom. The lowest BCUT2D eigenvalue weighted by Crippen LogP contribution is -2.69. The molecule has 0 spiro atoms. The van der Waals surface area contributed by atoms with Crippen molar-refractivity contribution < 1.29 is 9.59 Å². The zero-order valence-corrected chi connectivity index (χ0v) is 14.4. The lowest BCUT2D eigenvalue weighted by Gasteiger charge is -2.52. The van der Waals surface area contributed by atoms with Gasteiger partial charge in [0.15, 0.2) is 0 Å². The highest BCUT2D eigenvalue weighted by atomic mass is 16.2. The first kappa shape index (κ1) is 16.3. The fraction of sp³-hybridized carbons (Fsp3) is 0.882. The van der Waals surface area contributed by atoms with Crippen molar-refractivity contribution in [2.45, 2.75) is 84.8 Å². The van der Waals surface area contributed by atoms with Gasteiger partial charge in [-0.2, -0.15) is 0 Å². The number of piperazine rings is 1. The Balaban J connectivity index is 2.30. The maximum absolute atomic E-state index is 13.0. The summed E-state index contributed by atoms with van der Waals surface area (Å²) in [5, 5.41) is 0. The van der Waals surface area contributed by atoms with Crippen molar-refractivity contribution in [1.29, 1.82) is 0 Å². The van der Waals surface area contributed by atoms with Crippen LogP contribution < -0.4 is 0 Å². The third-order valence-corrected chi connectivity index (χ3v) is 4.67. The highest BCUT2D eigenvalue weighted by molar-refractivity contribution is 5.97. The summed E-state index contributed by atoms with van der Waals surface area (Å²) in [7, 11) is 0. The first-order valence-electron chi connectivity index (χ1n) is 8.18. The molecule has 0 bridgehead atoms. The minimum Gasteiger partial charge on any atom is -0.329 e. The third kappa shape index (κ3) is 3.09. The monoisotopic (exact) mass is 294 g/mol. The van der Waals surface area contributed by atoms with E-state index in [2.05, 4.69) is 34.6 Å². The summed E-state index contributed by atoms with van der Waals surface area (Å²) in [6.07, 6.45) is 3.77. The molecule has 2 saturated heterocycles. The van der Waals surface area contributed by atoms with Gasteiger partial charge in [0, 0.05) is 12.1 Å². The molecule has 0 aromatic rings. The lowest BCUT2D eigenvalue weighted by molar-refractivity contribution is -0.170. The van der Waals surface area contributed by atoms with Gasteiger partial charge in [-0.3, -0.25) is 9.59 Å². The molecule has 0 aromatic heterocycles. The van der Waals surface area contributed by atoms with Crippen molar-refractivity contribution in [3.63, 3.8) is 0 Å². The number of hydrogen-bond acceptors (Lipinski definition) is 2. The van der Waals surface area contributed by atoms with Crippen LogP contribution in [0.2, 0.25) is 0 Å². The zero-order valence-electron chi connectivity index (χ0n) is 14.4. The quantitative estimate of drug-likeness (QED) is 0.786. The predicted molar refractivity (Wildman–Crippen MR) is 83.8 cm³/mol. The minimum atomic E-state index is -0.343. The van der Waals surface area contributed by atoms with Crippen LogP contribution in [0.4, 0.5) is 0 Å². The van der Waals surface area contributed by atoms with Crippen molar-refractivity contribution in [2.75, 3.05) is 6.54 Å². The number of amides is 2. The first-order chi connectivity index (χ1) is 9.54. The largest absolute Gasteiger partial charge is 0.329 e. The summed E-state index contributed by atoms with van der Waals surface area (Å²) in [5.74, 6) is 0.275. The maximum Gasteiger partial charge on any atom is 0.246 e. The van der Waals surface area contributed by atoms with Crippen LogP contribution in [0.3, 0.4) is 0 Å². The standard InChI is InChI=1S/C17H30N2O2/c1-12-14(20)18-10-8-7-9-13(18)15(21)19(12)17(5,6)11-16(2,3)4/h12-13H,7-11H2,1-6H3. The minimum absolute atomic E-state index is 0.121. The van der Waals surface area contributed by atoms with E-state index < -0.39 is 0 Å². The van der Waals surface area contributed by atoms with Gasteiger partial charge in [0.25, 0.3) is 0 Å². The van der Waals surface area contributed by atoms with Gasteiger partial charge in [-0.05, 0) is 51.9 Å². The predicted octanol–water partition coefficient (Wildman–Crippen LogP) is 2.81. The summed E-state index contributed by atoms with van der Waals surface area (Å²) in [6, 6.07) is -0.564. The molecule has 0 radical (unpaired) electrons. The topological polar surface area (TPSA) is 40.6 Å². The Labute approximate surface area is 128 Å². The second-order valence-corrected chi connectivity index (χ2v) is 8.48. The number of carbonyl (C=O) groups excluding carboxylic acids is 2. The second kappa shape index (κ2) is 5.29. The third-order valence-electron chi connectivity index (χ3n) is 4.67. The number of hydrogen-bond donors (Lipinski definition) is 0. The molecule has 2 heterocycles. The highest BCUT2D eigenvalue weighted by Crippen LogP contribution is 2.36. The van der Waals surface area contributed by atoms with Gasteiger partial charge < -0.3 is 9.80 Å². The normalized spacial score (nSPS) is 27.9. The van der Waals surface area contributed by atoms with Gasteiger partial charge in [0.1, 0.15) is 12.1 Å². The molecule has 4 nitrogen and oxygen atoms in total. The number of fused-ring (bicyclic) bond motifs is 1. The van der Waals surface area contributed by atoms with Gasteiger partial charge in [0.2, 0.25) is 11.8 Å². The smallest absolute Gasteiger partial charge is 0.246 e. The number of carbonyl (C=O) groups is 2. The van der Waals surface area contributed by atoms with E-state index in [4.69, 9.17) is 0 Å². The molecular weight excluding hydrogens is 264 g/mol. The number of rotatable bonds is 2. The van der Waals surface area contributed by atoms with Crippen molar-refractivity contribution in [3.05, 3.63) is 0 Å². The highest BCUT2D eigenvalue weighted by Gasteiger charge is 2.49. The molecule has 0 saturated carbocycles. The maximum atomic E-state index is 13.0. The zero-order chi connectivity index (χ0) is 16.0. The molecule has 4 heteroatoms. The van der Waals surface area contributed by atoms with E-state index in [0.717, 1.165) is 32.2 Å². The van der Waals surface area contributed by atoms with Gasteiger partial charge in [-0.25, -0.2) is 0 Å². The average molecular weight is 294 g/mol. The van der Waals surface area contributed by atoms with E-state index in [-0.39, 0.29) is 34.9 Å². The molecule has 21 heavy (non-hydrogen) atoms. The molecule has 2 amide bonds. The SMILES string of the molecule is CC1C(=O)N2CCCCC2C(=O)N1C(C)(C)CC(C)(C)C. The fourth-order valence-corrected chi connectivity index (χ4v) is 4.36. The Morgan fingerprint density at radius 2 is 1.67 bits per heavy atom. The van der Waals surface area contributed by atoms with Gasteiger partial charge in [0.05, 0.1) is 0 Å². The lowest BCUT2D eigenvalue weighted by atomic mass is 9.79. The van der Waals surface area contributed by atoms with E-state index >= 15 is 0 Å². The Kier molecular flexibility index (Phi) is 4.11. The second-order valence-electron chi connectivity index (χ2n) is 8.48. The Hall–Kier alpha value is -1.06. The first-order valence-corrected chi connectivity index (χ1v) is 8.18. The summed E-state index contributed by atoms with van der Waals surface area (Å²) < 4.78 is 0. The van der Waals surface area contributed by atoms with Crippen molar-refractivity contribution in [1.82, 2.24) is 9.80 Å². The molecule has 2 aliphatic rings. The number of nitrogens with zero attached hydrogens (tertiary/aromatic N) is 2. The van der Waals surface area contributed by atoms with Gasteiger partial charge >= 0.3 is 0 Å². The van der Waals surface area contributed by atoms with Crippen LogP contribution in [-0.4, -0.2) is 45.8 Å². The van der Waals surface area contributed by atoms with Crippen molar-refractivity contribution in [3.8, 4) is 0 Å². The molecule has 2 rings (SSSR count). The molecule has 2 fully saturated rings. The van der Waals surface area contributed by atoms with E-state index in [1.807, 2.05) is 16.7 Å². The molecule has 2 aliphatic heterocycles. The molecular formula is C17H30N2O2.